The molecule has 0 spiro atoms. The summed E-state index contributed by atoms with van der Waals surface area (Å²) in [6.07, 6.45) is 1.40. The van der Waals surface area contributed by atoms with E-state index in [1.54, 1.807) is 6.07 Å². The molecule has 3 rings (SSSR count). The van der Waals surface area contributed by atoms with Gasteiger partial charge < -0.3 is 9.84 Å². The van der Waals surface area contributed by atoms with Gasteiger partial charge in [0.1, 0.15) is 16.9 Å². The van der Waals surface area contributed by atoms with E-state index >= 15 is 0 Å². The first-order valence-corrected chi connectivity index (χ1v) is 6.80. The average Bonchev–Trinajstić information content (AvgIpc) is 2.90. The van der Waals surface area contributed by atoms with E-state index in [0.717, 1.165) is 10.2 Å². The highest BCUT2D eigenvalue weighted by atomic mass is 35.5. The molecule has 20 heavy (non-hydrogen) atoms. The van der Waals surface area contributed by atoms with Crippen molar-refractivity contribution in [3.8, 4) is 11.6 Å². The van der Waals surface area contributed by atoms with Gasteiger partial charge in [0.05, 0.1) is 16.0 Å². The van der Waals surface area contributed by atoms with Crippen LogP contribution in [0.2, 0.25) is 5.02 Å². The van der Waals surface area contributed by atoms with Crippen molar-refractivity contribution in [3.63, 3.8) is 0 Å². The number of ether oxygens (including phenoxy) is 1. The minimum atomic E-state index is -1.11. The number of hydrogen-bond acceptors (Lipinski definition) is 5. The summed E-state index contributed by atoms with van der Waals surface area (Å²) >= 11 is 7.29. The number of nitrogens with zero attached hydrogens (tertiary/aromatic N) is 2. The molecule has 0 aliphatic heterocycles. The third-order valence-electron chi connectivity index (χ3n) is 2.61. The molecule has 0 aliphatic carbocycles. The second-order valence-electron chi connectivity index (χ2n) is 3.87. The van der Waals surface area contributed by atoms with Gasteiger partial charge in [-0.3, -0.25) is 0 Å². The Kier molecular flexibility index (Phi) is 3.25. The zero-order valence-corrected chi connectivity index (χ0v) is 11.5. The fourth-order valence-corrected chi connectivity index (χ4v) is 2.61. The SMILES string of the molecule is O=C(O)c1cc(Oc2ncnc3sccc23)ccc1Cl. The Morgan fingerprint density at radius 3 is 2.95 bits per heavy atom. The van der Waals surface area contributed by atoms with Crippen molar-refractivity contribution in [1.29, 1.82) is 0 Å². The predicted octanol–water partition coefficient (Wildman–Crippen LogP) is 3.84. The van der Waals surface area contributed by atoms with Crippen LogP contribution in [0.1, 0.15) is 10.4 Å². The van der Waals surface area contributed by atoms with E-state index in [4.69, 9.17) is 21.4 Å². The van der Waals surface area contributed by atoms with Crippen molar-refractivity contribution in [3.05, 3.63) is 46.6 Å². The molecule has 0 saturated heterocycles. The number of aromatic nitrogens is 2. The van der Waals surface area contributed by atoms with Gasteiger partial charge in [-0.2, -0.15) is 0 Å². The summed E-state index contributed by atoms with van der Waals surface area (Å²) in [4.78, 5) is 20.0. The molecule has 0 radical (unpaired) electrons. The first-order valence-electron chi connectivity index (χ1n) is 5.54. The Morgan fingerprint density at radius 2 is 2.15 bits per heavy atom. The molecule has 0 aliphatic rings. The molecular formula is C13H7ClN2O3S. The summed E-state index contributed by atoms with van der Waals surface area (Å²) in [5, 5.41) is 11.9. The molecule has 7 heteroatoms. The molecule has 0 fully saturated rings. The van der Waals surface area contributed by atoms with Crippen LogP contribution < -0.4 is 4.74 Å². The van der Waals surface area contributed by atoms with Gasteiger partial charge in [0.2, 0.25) is 5.88 Å². The van der Waals surface area contributed by atoms with Crippen LogP contribution in [0, 0.1) is 0 Å². The first kappa shape index (κ1) is 12.8. The summed E-state index contributed by atoms with van der Waals surface area (Å²) in [7, 11) is 0. The topological polar surface area (TPSA) is 72.3 Å². The predicted molar refractivity (Wildman–Crippen MR) is 75.9 cm³/mol. The van der Waals surface area contributed by atoms with Crippen LogP contribution in [0.4, 0.5) is 0 Å². The third kappa shape index (κ3) is 2.31. The lowest BCUT2D eigenvalue weighted by atomic mass is 10.2. The molecule has 2 heterocycles. The molecule has 2 aromatic heterocycles. The first-order chi connectivity index (χ1) is 9.65. The maximum atomic E-state index is 11.0. The molecule has 5 nitrogen and oxygen atoms in total. The maximum absolute atomic E-state index is 11.0. The van der Waals surface area contributed by atoms with Crippen LogP contribution in [-0.4, -0.2) is 21.0 Å². The number of halogens is 1. The van der Waals surface area contributed by atoms with Gasteiger partial charge >= 0.3 is 5.97 Å². The van der Waals surface area contributed by atoms with Crippen LogP contribution in [0.25, 0.3) is 10.2 Å². The number of aromatic carboxylic acids is 1. The van der Waals surface area contributed by atoms with Crippen molar-refractivity contribution in [2.45, 2.75) is 0 Å². The summed E-state index contributed by atoms with van der Waals surface area (Å²) in [5.74, 6) is -0.364. The van der Waals surface area contributed by atoms with Crippen LogP contribution >= 0.6 is 22.9 Å². The molecule has 1 aromatic carbocycles. The summed E-state index contributed by atoms with van der Waals surface area (Å²) < 4.78 is 5.63. The smallest absolute Gasteiger partial charge is 0.337 e. The van der Waals surface area contributed by atoms with E-state index in [1.807, 2.05) is 11.4 Å². The largest absolute Gasteiger partial charge is 0.478 e. The summed E-state index contributed by atoms with van der Waals surface area (Å²) in [5.41, 5.74) is -0.0141. The highest BCUT2D eigenvalue weighted by Crippen LogP contribution is 2.31. The average molecular weight is 307 g/mol. The van der Waals surface area contributed by atoms with Crippen molar-refractivity contribution in [1.82, 2.24) is 9.97 Å². The molecule has 0 bridgehead atoms. The quantitative estimate of drug-likeness (QED) is 0.796. The second kappa shape index (κ2) is 5.07. The number of hydrogen-bond donors (Lipinski definition) is 1. The molecule has 3 aromatic rings. The van der Waals surface area contributed by atoms with Crippen LogP contribution in [0.15, 0.2) is 36.0 Å². The standard InChI is InChI=1S/C13H7ClN2O3S/c14-10-2-1-7(5-9(10)13(17)18)19-11-8-3-4-20-12(8)16-6-15-11/h1-6H,(H,17,18). The molecule has 0 atom stereocenters. The number of rotatable bonds is 3. The van der Waals surface area contributed by atoms with Crippen LogP contribution in [-0.2, 0) is 0 Å². The molecule has 0 unspecified atom stereocenters. The van der Waals surface area contributed by atoms with E-state index in [0.29, 0.717) is 11.6 Å². The minimum Gasteiger partial charge on any atom is -0.478 e. The zero-order valence-electron chi connectivity index (χ0n) is 9.91. The number of carboxylic acid groups (broad SMARTS) is 1. The lowest BCUT2D eigenvalue weighted by molar-refractivity contribution is 0.0696. The molecular weight excluding hydrogens is 300 g/mol. The van der Waals surface area contributed by atoms with Gasteiger partial charge in [-0.15, -0.1) is 11.3 Å². The van der Waals surface area contributed by atoms with Gasteiger partial charge in [0.15, 0.2) is 0 Å². The fraction of sp³-hybridized carbons (Fsp3) is 0. The highest BCUT2D eigenvalue weighted by molar-refractivity contribution is 7.16. The van der Waals surface area contributed by atoms with Crippen LogP contribution in [0.3, 0.4) is 0 Å². The molecule has 100 valence electrons. The molecule has 0 amide bonds. The zero-order chi connectivity index (χ0) is 14.1. The summed E-state index contributed by atoms with van der Waals surface area (Å²) in [6, 6.07) is 6.29. The number of benzene rings is 1. The molecule has 1 N–H and O–H groups in total. The van der Waals surface area contributed by atoms with Crippen molar-refractivity contribution < 1.29 is 14.6 Å². The lowest BCUT2D eigenvalue weighted by Gasteiger charge is -2.07. The number of carboxylic acids is 1. The Labute approximate surface area is 122 Å². The third-order valence-corrected chi connectivity index (χ3v) is 3.76. The fourth-order valence-electron chi connectivity index (χ4n) is 1.69. The minimum absolute atomic E-state index is 0.0141. The van der Waals surface area contributed by atoms with Gasteiger partial charge in [0, 0.05) is 0 Å². The van der Waals surface area contributed by atoms with Crippen molar-refractivity contribution >= 4 is 39.1 Å². The van der Waals surface area contributed by atoms with E-state index in [1.165, 1.54) is 29.8 Å². The van der Waals surface area contributed by atoms with Crippen molar-refractivity contribution in [2.75, 3.05) is 0 Å². The highest BCUT2D eigenvalue weighted by Gasteiger charge is 2.12. The Hall–Kier alpha value is -2.18. The van der Waals surface area contributed by atoms with E-state index in [-0.39, 0.29) is 10.6 Å². The normalized spacial score (nSPS) is 10.7. The lowest BCUT2D eigenvalue weighted by Crippen LogP contribution is -1.98. The van der Waals surface area contributed by atoms with Crippen LogP contribution in [0.5, 0.6) is 11.6 Å². The maximum Gasteiger partial charge on any atom is 0.337 e. The van der Waals surface area contributed by atoms with E-state index in [9.17, 15) is 4.79 Å². The Bertz CT molecular complexity index is 803. The van der Waals surface area contributed by atoms with Gasteiger partial charge in [-0.05, 0) is 29.6 Å². The van der Waals surface area contributed by atoms with Gasteiger partial charge in [0.25, 0.3) is 0 Å². The number of carbonyl (C=O) groups is 1. The Morgan fingerprint density at radius 1 is 1.30 bits per heavy atom. The Balaban J connectivity index is 2.01. The van der Waals surface area contributed by atoms with Gasteiger partial charge in [-0.25, -0.2) is 14.8 Å². The molecule has 0 saturated carbocycles. The van der Waals surface area contributed by atoms with Crippen molar-refractivity contribution in [2.24, 2.45) is 0 Å². The summed E-state index contributed by atoms with van der Waals surface area (Å²) in [6.45, 7) is 0. The van der Waals surface area contributed by atoms with Gasteiger partial charge in [-0.1, -0.05) is 11.6 Å². The second-order valence-corrected chi connectivity index (χ2v) is 5.17. The monoisotopic (exact) mass is 306 g/mol. The van der Waals surface area contributed by atoms with E-state index in [2.05, 4.69) is 9.97 Å². The number of fused-ring (bicyclic) bond motifs is 1. The van der Waals surface area contributed by atoms with E-state index < -0.39 is 5.97 Å². The number of thiophene rings is 1.